The lowest BCUT2D eigenvalue weighted by molar-refractivity contribution is -0.0499. The molecule has 0 amide bonds. The zero-order valence-electron chi connectivity index (χ0n) is 9.16. The van der Waals surface area contributed by atoms with Crippen LogP contribution >= 0.6 is 0 Å². The first-order chi connectivity index (χ1) is 8.24. The molecule has 3 rings (SSSR count). The molecule has 5 heteroatoms. The number of nitrogens with one attached hydrogen (secondary N) is 1. The molecule has 0 radical (unpaired) electrons. The van der Waals surface area contributed by atoms with Crippen LogP contribution in [0.4, 0.5) is 8.78 Å². The van der Waals surface area contributed by atoms with E-state index in [1.807, 2.05) is 0 Å². The van der Waals surface area contributed by atoms with E-state index in [9.17, 15) is 8.78 Å². The van der Waals surface area contributed by atoms with Gasteiger partial charge < -0.3 is 14.8 Å². The third kappa shape index (κ3) is 1.95. The second-order valence-electron chi connectivity index (χ2n) is 4.31. The average Bonchev–Trinajstić information content (AvgIpc) is 2.65. The first-order valence-electron chi connectivity index (χ1n) is 5.73. The molecule has 2 atom stereocenters. The second kappa shape index (κ2) is 4.14. The molecule has 0 bridgehead atoms. The zero-order chi connectivity index (χ0) is 11.8. The van der Waals surface area contributed by atoms with Crippen LogP contribution in [0.1, 0.15) is 24.4 Å². The lowest BCUT2D eigenvalue weighted by Crippen LogP contribution is -2.36. The summed E-state index contributed by atoms with van der Waals surface area (Å²) in [6.07, 6.45) is 2.20. The minimum Gasteiger partial charge on any atom is -0.488 e. The van der Waals surface area contributed by atoms with Crippen molar-refractivity contribution < 1.29 is 18.3 Å². The van der Waals surface area contributed by atoms with Gasteiger partial charge in [-0.1, -0.05) is 0 Å². The lowest BCUT2D eigenvalue weighted by Gasteiger charge is -2.25. The first kappa shape index (κ1) is 10.8. The van der Waals surface area contributed by atoms with Gasteiger partial charge in [-0.05, 0) is 31.5 Å². The van der Waals surface area contributed by atoms with Crippen LogP contribution in [0.25, 0.3) is 0 Å². The fourth-order valence-corrected chi connectivity index (χ4v) is 2.51. The van der Waals surface area contributed by atoms with Gasteiger partial charge in [-0.2, -0.15) is 8.78 Å². The summed E-state index contributed by atoms with van der Waals surface area (Å²) in [4.78, 5) is 0. The van der Waals surface area contributed by atoms with Crippen molar-refractivity contribution >= 4 is 0 Å². The van der Waals surface area contributed by atoms with Gasteiger partial charge in [0.05, 0.1) is 6.04 Å². The molecule has 1 aromatic rings. The van der Waals surface area contributed by atoms with E-state index < -0.39 is 6.61 Å². The fourth-order valence-electron chi connectivity index (χ4n) is 2.51. The Morgan fingerprint density at radius 1 is 1.41 bits per heavy atom. The van der Waals surface area contributed by atoms with Crippen LogP contribution in [0.2, 0.25) is 0 Å². The number of hydrogen-bond donors (Lipinski definition) is 1. The third-order valence-electron chi connectivity index (χ3n) is 3.23. The van der Waals surface area contributed by atoms with E-state index in [1.54, 1.807) is 18.2 Å². The number of alkyl halides is 2. The van der Waals surface area contributed by atoms with Crippen molar-refractivity contribution in [2.45, 2.75) is 31.6 Å². The number of rotatable bonds is 2. The molecule has 17 heavy (non-hydrogen) atoms. The van der Waals surface area contributed by atoms with Crippen LogP contribution in [-0.2, 0) is 0 Å². The molecule has 2 heterocycles. The largest absolute Gasteiger partial charge is 0.488 e. The molecule has 1 N–H and O–H groups in total. The van der Waals surface area contributed by atoms with Gasteiger partial charge in [0.1, 0.15) is 17.6 Å². The Hall–Kier alpha value is -1.36. The minimum absolute atomic E-state index is 0.126. The molecule has 0 aliphatic carbocycles. The van der Waals surface area contributed by atoms with Gasteiger partial charge in [0.15, 0.2) is 0 Å². The van der Waals surface area contributed by atoms with Gasteiger partial charge in [0, 0.05) is 11.6 Å². The summed E-state index contributed by atoms with van der Waals surface area (Å²) >= 11 is 0. The number of piperidine rings is 1. The molecule has 1 saturated heterocycles. The van der Waals surface area contributed by atoms with Crippen molar-refractivity contribution in [2.24, 2.45) is 0 Å². The Kier molecular flexibility index (Phi) is 2.63. The normalized spacial score (nSPS) is 26.3. The van der Waals surface area contributed by atoms with E-state index in [-0.39, 0.29) is 17.9 Å². The van der Waals surface area contributed by atoms with E-state index in [4.69, 9.17) is 4.74 Å². The van der Waals surface area contributed by atoms with Crippen LogP contribution in [-0.4, -0.2) is 19.3 Å². The van der Waals surface area contributed by atoms with E-state index >= 15 is 0 Å². The summed E-state index contributed by atoms with van der Waals surface area (Å²) < 4.78 is 34.3. The zero-order valence-corrected chi connectivity index (χ0v) is 9.16. The summed E-state index contributed by atoms with van der Waals surface area (Å²) in [7, 11) is 0. The van der Waals surface area contributed by atoms with E-state index in [1.165, 1.54) is 0 Å². The fraction of sp³-hybridized carbons (Fsp3) is 0.500. The summed E-state index contributed by atoms with van der Waals surface area (Å²) in [5.41, 5.74) is 1.04. The molecule has 2 aliphatic rings. The number of benzene rings is 1. The summed E-state index contributed by atoms with van der Waals surface area (Å²) in [6, 6.07) is 5.10. The highest BCUT2D eigenvalue weighted by molar-refractivity contribution is 5.46. The molecule has 1 aromatic carbocycles. The van der Waals surface area contributed by atoms with Crippen LogP contribution < -0.4 is 14.8 Å². The maximum Gasteiger partial charge on any atom is 0.387 e. The van der Waals surface area contributed by atoms with Gasteiger partial charge in [0.2, 0.25) is 0 Å². The lowest BCUT2D eigenvalue weighted by atomic mass is 9.97. The molecule has 2 aliphatic heterocycles. The Labute approximate surface area is 97.7 Å². The third-order valence-corrected chi connectivity index (χ3v) is 3.23. The SMILES string of the molecule is FC(F)Oc1ccc2c(c1)O[C@@H]1CCCN[C@H]21. The number of fused-ring (bicyclic) bond motifs is 3. The second-order valence-corrected chi connectivity index (χ2v) is 4.31. The standard InChI is InChI=1S/C12H13F2NO2/c13-12(14)16-7-3-4-8-10(6-7)17-9-2-1-5-15-11(8)9/h3-4,6,9,11-12,15H,1-2,5H2/t9-,11-/m1/s1. The molecule has 3 nitrogen and oxygen atoms in total. The highest BCUT2D eigenvalue weighted by Crippen LogP contribution is 2.41. The van der Waals surface area contributed by atoms with Crippen LogP contribution in [0.15, 0.2) is 18.2 Å². The topological polar surface area (TPSA) is 30.5 Å². The van der Waals surface area contributed by atoms with Crippen molar-refractivity contribution in [1.82, 2.24) is 5.32 Å². The van der Waals surface area contributed by atoms with E-state index in [0.717, 1.165) is 24.9 Å². The Bertz CT molecular complexity index is 425. The molecule has 0 spiro atoms. The van der Waals surface area contributed by atoms with Crippen molar-refractivity contribution in [1.29, 1.82) is 0 Å². The van der Waals surface area contributed by atoms with Crippen LogP contribution in [0, 0.1) is 0 Å². The Morgan fingerprint density at radius 2 is 2.29 bits per heavy atom. The molecule has 0 unspecified atom stereocenters. The van der Waals surface area contributed by atoms with Gasteiger partial charge in [0.25, 0.3) is 0 Å². The molecule has 0 saturated carbocycles. The maximum absolute atomic E-state index is 12.1. The maximum atomic E-state index is 12.1. The smallest absolute Gasteiger partial charge is 0.387 e. The van der Waals surface area contributed by atoms with Gasteiger partial charge >= 0.3 is 6.61 Å². The molecule has 92 valence electrons. The quantitative estimate of drug-likeness (QED) is 0.862. The Balaban J connectivity index is 1.86. The summed E-state index contributed by atoms with van der Waals surface area (Å²) in [5.74, 6) is 0.810. The molecule has 0 aromatic heterocycles. The van der Waals surface area contributed by atoms with Gasteiger partial charge in [-0.15, -0.1) is 0 Å². The van der Waals surface area contributed by atoms with Crippen molar-refractivity contribution in [3.63, 3.8) is 0 Å². The monoisotopic (exact) mass is 241 g/mol. The highest BCUT2D eigenvalue weighted by atomic mass is 19.3. The number of halogens is 2. The van der Waals surface area contributed by atoms with Crippen molar-refractivity contribution in [2.75, 3.05) is 6.54 Å². The van der Waals surface area contributed by atoms with Crippen molar-refractivity contribution in [3.8, 4) is 11.5 Å². The first-order valence-corrected chi connectivity index (χ1v) is 5.73. The average molecular weight is 241 g/mol. The summed E-state index contributed by atoms with van der Waals surface area (Å²) in [5, 5.41) is 3.38. The highest BCUT2D eigenvalue weighted by Gasteiger charge is 2.36. The predicted molar refractivity (Wildman–Crippen MR) is 57.5 cm³/mol. The van der Waals surface area contributed by atoms with Gasteiger partial charge in [-0.3, -0.25) is 0 Å². The number of ether oxygens (including phenoxy) is 2. The van der Waals surface area contributed by atoms with E-state index in [0.29, 0.717) is 5.75 Å². The van der Waals surface area contributed by atoms with Crippen LogP contribution in [0.3, 0.4) is 0 Å². The minimum atomic E-state index is -2.80. The number of hydrogen-bond acceptors (Lipinski definition) is 3. The molecular formula is C12H13F2NO2. The predicted octanol–water partition coefficient (Wildman–Crippen LogP) is 2.47. The van der Waals surface area contributed by atoms with Gasteiger partial charge in [-0.25, -0.2) is 0 Å². The molecule has 1 fully saturated rings. The van der Waals surface area contributed by atoms with Crippen molar-refractivity contribution in [3.05, 3.63) is 23.8 Å². The summed E-state index contributed by atoms with van der Waals surface area (Å²) in [6.45, 7) is -1.82. The Morgan fingerprint density at radius 3 is 3.12 bits per heavy atom. The van der Waals surface area contributed by atoms with E-state index in [2.05, 4.69) is 10.1 Å². The van der Waals surface area contributed by atoms with Crippen LogP contribution in [0.5, 0.6) is 11.5 Å². The molecular weight excluding hydrogens is 228 g/mol.